The zero-order valence-electron chi connectivity index (χ0n) is 62.1. The number of ketones is 4. The van der Waals surface area contributed by atoms with Crippen LogP contribution in [0.5, 0.6) is 0 Å². The van der Waals surface area contributed by atoms with Crippen molar-refractivity contribution in [2.75, 3.05) is 39.5 Å². The van der Waals surface area contributed by atoms with Crippen LogP contribution in [0.1, 0.15) is 245 Å². The monoisotopic (exact) mass is 1370 g/mol. The van der Waals surface area contributed by atoms with E-state index in [-0.39, 0.29) is 77.9 Å². The lowest BCUT2D eigenvalue weighted by Crippen LogP contribution is -2.62. The molecule has 20 heteroatoms. The topological polar surface area (TPSA) is 324 Å². The molecule has 0 aromatic rings. The quantitative estimate of drug-likeness (QED) is 0.0340. The van der Waals surface area contributed by atoms with Gasteiger partial charge in [0.25, 0.3) is 0 Å². The number of carboxylic acid groups (broad SMARTS) is 2. The third-order valence-corrected chi connectivity index (χ3v) is 27.4. The second-order valence-corrected chi connectivity index (χ2v) is 34.1. The maximum Gasteiger partial charge on any atom is 0.309 e. The Morgan fingerprint density at radius 1 is 0.545 bits per heavy atom. The minimum absolute atomic E-state index is 0.0000746. The number of carboxylic acids is 2. The van der Waals surface area contributed by atoms with E-state index >= 15 is 0 Å². The number of allylic oxidation sites excluding steroid dienone is 14. The number of hydrogen-bond donors (Lipinski definition) is 4. The molecule has 99 heavy (non-hydrogen) atoms. The summed E-state index contributed by atoms with van der Waals surface area (Å²) in [5, 5.41) is 55.1. The van der Waals surface area contributed by atoms with E-state index in [1.54, 1.807) is 12.2 Å². The zero-order valence-corrected chi connectivity index (χ0v) is 62.1. The summed E-state index contributed by atoms with van der Waals surface area (Å²) >= 11 is 0. The minimum atomic E-state index is -0.655. The van der Waals surface area contributed by atoms with Crippen LogP contribution in [0.15, 0.2) is 113 Å². The van der Waals surface area contributed by atoms with Crippen molar-refractivity contribution in [2.45, 2.75) is 251 Å². The highest BCUT2D eigenvalue weighted by Crippen LogP contribution is 2.77. The Morgan fingerprint density at radius 2 is 0.929 bits per heavy atom. The molecule has 1 heterocycles. The summed E-state index contributed by atoms with van der Waals surface area (Å²) in [6, 6.07) is 0. The van der Waals surface area contributed by atoms with Gasteiger partial charge in [-0.05, 0) is 240 Å². The zero-order chi connectivity index (χ0) is 73.2. The average molecular weight is 1370 g/mol. The lowest BCUT2D eigenvalue weighted by molar-refractivity contribution is -0.178. The number of carbonyl (C=O) groups is 6. The molecule has 1 aliphatic heterocycles. The first-order chi connectivity index (χ1) is 46.3. The maximum absolute atomic E-state index is 12.6. The van der Waals surface area contributed by atoms with Crippen LogP contribution in [0.4, 0.5) is 0 Å². The van der Waals surface area contributed by atoms with E-state index in [4.69, 9.17) is 20.5 Å². The van der Waals surface area contributed by atoms with E-state index in [2.05, 4.69) is 124 Å². The normalized spacial score (nSPS) is 35.5. The molecule has 542 valence electrons. The van der Waals surface area contributed by atoms with Crippen molar-refractivity contribution >= 4 is 35.1 Å². The summed E-state index contributed by atoms with van der Waals surface area (Å²) < 4.78 is 10.4. The van der Waals surface area contributed by atoms with Gasteiger partial charge in [0.15, 0.2) is 17.2 Å². The Bertz CT molecular complexity index is 3450. The SMILES string of the molecule is CC(C)CCC(=O)CCCOCCN=[N+]=[N-].CC1(CCC(=O)CCCOCCN=[N+]=[N-])N=N1.CC1=C(O)C(=O)C=C2C1=CC=C1[C@@]2(C)CC[C@@]2(C)C3C[C@](C)(C(=O)O)CC[C@]3(C)CC[C@]12C.CC1=C(O)C(=O)C=C2C1=CC=C1[C@@]2(C)CC[C@@]2(C)C3C[C@](C)(C(=O)O)CC[C@]3(C)CC[C@]12C. The van der Waals surface area contributed by atoms with E-state index in [1.807, 2.05) is 34.6 Å². The molecule has 0 aromatic carbocycles. The van der Waals surface area contributed by atoms with Crippen molar-refractivity contribution in [1.82, 2.24) is 0 Å². The van der Waals surface area contributed by atoms with Gasteiger partial charge >= 0.3 is 11.9 Å². The number of ether oxygens (including phenoxy) is 2. The molecule has 20 nitrogen and oxygen atoms in total. The van der Waals surface area contributed by atoms with Gasteiger partial charge in [-0.15, -0.1) is 0 Å². The molecule has 6 fully saturated rings. The highest BCUT2D eigenvalue weighted by atomic mass is 16.5. The van der Waals surface area contributed by atoms with Gasteiger partial charge in [-0.25, -0.2) is 0 Å². The van der Waals surface area contributed by atoms with Gasteiger partial charge in [0.05, 0.1) is 24.0 Å². The van der Waals surface area contributed by atoms with E-state index < -0.39 is 22.8 Å². The van der Waals surface area contributed by atoms with Crippen LogP contribution in [0.3, 0.4) is 0 Å². The van der Waals surface area contributed by atoms with Crippen LogP contribution in [-0.2, 0) is 38.2 Å². The van der Waals surface area contributed by atoms with Gasteiger partial charge in [0.2, 0.25) is 11.6 Å². The van der Waals surface area contributed by atoms with Gasteiger partial charge in [-0.2, -0.15) is 10.2 Å². The molecule has 2 unspecified atom stereocenters. The fourth-order valence-electron chi connectivity index (χ4n) is 19.8. The third-order valence-electron chi connectivity index (χ3n) is 27.4. The molecule has 11 aliphatic rings. The second kappa shape index (κ2) is 29.7. The van der Waals surface area contributed by atoms with Crippen molar-refractivity contribution in [1.29, 1.82) is 0 Å². The van der Waals surface area contributed by atoms with Gasteiger partial charge in [0, 0.05) is 90.2 Å². The lowest BCUT2D eigenvalue weighted by atomic mass is 9.34. The van der Waals surface area contributed by atoms with Crippen molar-refractivity contribution in [3.63, 3.8) is 0 Å². The number of aliphatic hydroxyl groups excluding tert-OH is 2. The molecule has 0 amide bonds. The second-order valence-electron chi connectivity index (χ2n) is 34.1. The summed E-state index contributed by atoms with van der Waals surface area (Å²) in [6.45, 7) is 35.4. The van der Waals surface area contributed by atoms with Crippen LogP contribution >= 0.6 is 0 Å². The molecule has 12 atom stereocenters. The fraction of sp³-hybridized carbons (Fsp3) is 0.722. The molecule has 6 saturated carbocycles. The van der Waals surface area contributed by atoms with Gasteiger partial charge in [0.1, 0.15) is 11.6 Å². The molecule has 0 saturated heterocycles. The standard InChI is InChI=1S/2C29H38O4.C11H21N3O2.C10H17N5O2/c2*1-17-18-7-8-21-27(4,19(18)15-20(30)23(17)31)12-14-29(6)22-16-26(3,24(32)33)10-9-25(22,2)11-13-28(21,29)5;1-10(2)5-6-11(15)4-3-8-16-9-7-13-14-12;1-10(13-14-10)5-4-9(16)3-2-7-17-8-6-12-15-11/h2*7-8,15,22,31H,9-14,16H2,1-6H3,(H,32,33);10H,3-9H2,1-2H3;2-8H2,1H3/t2*22?,25-,26-,27+,28-,29+;;/m11../s1. The summed E-state index contributed by atoms with van der Waals surface area (Å²) in [7, 11) is 0. The Balaban J connectivity index is 0.000000178. The molecule has 0 radical (unpaired) electrons. The predicted molar refractivity (Wildman–Crippen MR) is 382 cm³/mol. The van der Waals surface area contributed by atoms with Crippen LogP contribution in [0.25, 0.3) is 20.9 Å². The number of azide groups is 2. The maximum atomic E-state index is 12.6. The number of hydrogen-bond acceptors (Lipinski definition) is 14. The summed E-state index contributed by atoms with van der Waals surface area (Å²) in [5.41, 5.74) is 22.4. The number of Topliss-reactive ketones (excluding diaryl/α,β-unsaturated/α-hetero) is 2. The number of fused-ring (bicyclic) bond motifs is 14. The largest absolute Gasteiger partial charge is 0.504 e. The first kappa shape index (κ1) is 78.0. The molecule has 0 spiro atoms. The summed E-state index contributed by atoms with van der Waals surface area (Å²) in [4.78, 5) is 77.7. The van der Waals surface area contributed by atoms with E-state index in [0.29, 0.717) is 113 Å². The number of nitrogens with zero attached hydrogens (tertiary/aromatic N) is 8. The van der Waals surface area contributed by atoms with E-state index in [1.165, 1.54) is 11.1 Å². The van der Waals surface area contributed by atoms with Crippen LogP contribution in [0.2, 0.25) is 0 Å². The molecular formula is C79H114N8O12. The van der Waals surface area contributed by atoms with Crippen LogP contribution in [-0.4, -0.2) is 101 Å². The smallest absolute Gasteiger partial charge is 0.309 e. The van der Waals surface area contributed by atoms with Crippen LogP contribution in [0, 0.1) is 71.9 Å². The number of aliphatic hydroxyl groups is 2. The molecule has 10 aliphatic carbocycles. The summed E-state index contributed by atoms with van der Waals surface area (Å²) in [6.07, 6.45) is 30.9. The van der Waals surface area contributed by atoms with Crippen molar-refractivity contribution < 1.29 is 58.7 Å². The van der Waals surface area contributed by atoms with Gasteiger partial charge in [-0.3, -0.25) is 28.8 Å². The Kier molecular flexibility index (Phi) is 23.4. The van der Waals surface area contributed by atoms with Crippen molar-refractivity contribution in [3.05, 3.63) is 113 Å². The Labute approximate surface area is 587 Å². The highest BCUT2D eigenvalue weighted by Gasteiger charge is 2.69. The molecular weight excluding hydrogens is 1250 g/mol. The third kappa shape index (κ3) is 15.1. The number of aliphatic carboxylic acids is 2. The number of carbonyl (C=O) groups excluding carboxylic acids is 4. The van der Waals surface area contributed by atoms with E-state index in [0.717, 1.165) is 125 Å². The highest BCUT2D eigenvalue weighted by molar-refractivity contribution is 6.07. The van der Waals surface area contributed by atoms with Crippen molar-refractivity contribution in [3.8, 4) is 0 Å². The molecule has 0 bridgehead atoms. The average Bonchev–Trinajstić information content (AvgIpc) is 1.61. The molecule has 4 N–H and O–H groups in total. The number of rotatable bonds is 22. The van der Waals surface area contributed by atoms with E-state index in [9.17, 15) is 49.2 Å². The summed E-state index contributed by atoms with van der Waals surface area (Å²) in [5.74, 6) is -0.343. The fourth-order valence-corrected chi connectivity index (χ4v) is 19.8. The van der Waals surface area contributed by atoms with Crippen LogP contribution < -0.4 is 0 Å². The Hall–Kier alpha value is -6.72. The minimum Gasteiger partial charge on any atom is -0.504 e. The van der Waals surface area contributed by atoms with Gasteiger partial charge < -0.3 is 29.9 Å². The molecule has 11 rings (SSSR count). The Morgan fingerprint density at radius 3 is 1.29 bits per heavy atom. The first-order valence-corrected chi connectivity index (χ1v) is 36.6. The predicted octanol–water partition coefficient (Wildman–Crippen LogP) is 19.1. The first-order valence-electron chi connectivity index (χ1n) is 36.6. The van der Waals surface area contributed by atoms with Gasteiger partial charge in [-0.1, -0.05) is 115 Å². The lowest BCUT2D eigenvalue weighted by Gasteiger charge is -2.70. The molecule has 0 aromatic heterocycles. The van der Waals surface area contributed by atoms with Crippen molar-refractivity contribution in [2.24, 2.45) is 92.4 Å².